The van der Waals surface area contributed by atoms with E-state index in [2.05, 4.69) is 4.98 Å². The summed E-state index contributed by atoms with van der Waals surface area (Å²) in [4.78, 5) is 29.1. The van der Waals surface area contributed by atoms with E-state index in [-0.39, 0.29) is 17.8 Å². The fourth-order valence-electron chi connectivity index (χ4n) is 2.88. The zero-order valence-electron chi connectivity index (χ0n) is 12.0. The Morgan fingerprint density at radius 1 is 1.33 bits per heavy atom. The molecule has 0 radical (unpaired) electrons. The Hall–Kier alpha value is -2.30. The van der Waals surface area contributed by atoms with Crippen molar-refractivity contribution in [2.45, 2.75) is 12.8 Å². The van der Waals surface area contributed by atoms with Gasteiger partial charge in [0.05, 0.1) is 13.0 Å². The van der Waals surface area contributed by atoms with Crippen LogP contribution in [0.3, 0.4) is 0 Å². The number of benzene rings is 1. The molecule has 1 fully saturated rings. The van der Waals surface area contributed by atoms with Crippen LogP contribution in [-0.4, -0.2) is 42.0 Å². The van der Waals surface area contributed by atoms with Gasteiger partial charge in [-0.3, -0.25) is 9.59 Å². The molecule has 2 heterocycles. The molecule has 0 aliphatic carbocycles. The molecule has 0 spiro atoms. The van der Waals surface area contributed by atoms with E-state index in [0.717, 1.165) is 23.7 Å². The molecule has 0 saturated carbocycles. The number of likely N-dealkylation sites (tertiary alicyclic amines) is 1. The predicted octanol–water partition coefficient (Wildman–Crippen LogP) is 2.19. The van der Waals surface area contributed by atoms with Crippen LogP contribution < -0.4 is 0 Å². The Morgan fingerprint density at radius 2 is 2.14 bits per heavy atom. The first kappa shape index (κ1) is 13.7. The van der Waals surface area contributed by atoms with E-state index in [9.17, 15) is 9.59 Å². The number of rotatable bonds is 2. The van der Waals surface area contributed by atoms with Gasteiger partial charge in [-0.2, -0.15) is 0 Å². The molecule has 2 aromatic rings. The average Bonchev–Trinajstić information content (AvgIpc) is 2.97. The zero-order chi connectivity index (χ0) is 14.8. The summed E-state index contributed by atoms with van der Waals surface area (Å²) in [6.07, 6.45) is 1.61. The van der Waals surface area contributed by atoms with Gasteiger partial charge >= 0.3 is 5.97 Å². The van der Waals surface area contributed by atoms with Gasteiger partial charge in [-0.1, -0.05) is 18.2 Å². The summed E-state index contributed by atoms with van der Waals surface area (Å²) in [7, 11) is 1.39. The van der Waals surface area contributed by atoms with Crippen molar-refractivity contribution < 1.29 is 14.3 Å². The molecule has 1 aromatic heterocycles. The standard InChI is InChI=1S/C16H18N2O3/c1-21-16(20)12-6-4-8-18(10-12)15(19)14-9-11-5-2-3-7-13(11)17-14/h2-3,5,7,9,12,17H,4,6,8,10H2,1H3/t12-/m0/s1. The molecule has 21 heavy (non-hydrogen) atoms. The number of fused-ring (bicyclic) bond motifs is 1. The van der Waals surface area contributed by atoms with Crippen molar-refractivity contribution in [1.82, 2.24) is 9.88 Å². The third kappa shape index (κ3) is 2.63. The minimum atomic E-state index is -0.232. The number of hydrogen-bond donors (Lipinski definition) is 1. The quantitative estimate of drug-likeness (QED) is 0.861. The van der Waals surface area contributed by atoms with Crippen LogP contribution in [0.1, 0.15) is 23.3 Å². The maximum absolute atomic E-state index is 12.6. The van der Waals surface area contributed by atoms with Crippen molar-refractivity contribution >= 4 is 22.8 Å². The monoisotopic (exact) mass is 286 g/mol. The van der Waals surface area contributed by atoms with Gasteiger partial charge in [0, 0.05) is 24.0 Å². The number of aromatic amines is 1. The number of nitrogens with zero attached hydrogens (tertiary/aromatic N) is 1. The molecule has 0 bridgehead atoms. The Bertz CT molecular complexity index is 644. The van der Waals surface area contributed by atoms with Crippen LogP contribution >= 0.6 is 0 Å². The van der Waals surface area contributed by atoms with Crippen molar-refractivity contribution in [3.8, 4) is 0 Å². The molecular formula is C16H18N2O3. The number of nitrogens with one attached hydrogen (secondary N) is 1. The number of aromatic nitrogens is 1. The third-order valence-corrected chi connectivity index (χ3v) is 4.00. The van der Waals surface area contributed by atoms with Gasteiger partial charge in [-0.05, 0) is 25.0 Å². The number of carbonyl (C=O) groups excluding carboxylic acids is 2. The van der Waals surface area contributed by atoms with Crippen LogP contribution in [-0.2, 0) is 9.53 Å². The number of piperidine rings is 1. The summed E-state index contributed by atoms with van der Waals surface area (Å²) in [6, 6.07) is 9.65. The van der Waals surface area contributed by atoms with Crippen molar-refractivity contribution in [2.24, 2.45) is 5.92 Å². The molecule has 1 aliphatic heterocycles. The fourth-order valence-corrected chi connectivity index (χ4v) is 2.88. The lowest BCUT2D eigenvalue weighted by Gasteiger charge is -2.31. The molecule has 1 N–H and O–H groups in total. The Morgan fingerprint density at radius 3 is 2.90 bits per heavy atom. The van der Waals surface area contributed by atoms with Crippen LogP contribution in [0.5, 0.6) is 0 Å². The molecule has 110 valence electrons. The molecule has 1 saturated heterocycles. The molecule has 3 rings (SSSR count). The second-order valence-corrected chi connectivity index (χ2v) is 5.38. The highest BCUT2D eigenvalue weighted by atomic mass is 16.5. The molecule has 1 amide bonds. The van der Waals surface area contributed by atoms with Crippen LogP contribution in [0.15, 0.2) is 30.3 Å². The van der Waals surface area contributed by atoms with Gasteiger partial charge < -0.3 is 14.6 Å². The van der Waals surface area contributed by atoms with Gasteiger partial charge in [-0.25, -0.2) is 0 Å². The number of para-hydroxylation sites is 1. The lowest BCUT2D eigenvalue weighted by Crippen LogP contribution is -2.42. The molecule has 0 unspecified atom stereocenters. The van der Waals surface area contributed by atoms with E-state index in [1.54, 1.807) is 4.90 Å². The fraction of sp³-hybridized carbons (Fsp3) is 0.375. The van der Waals surface area contributed by atoms with E-state index in [1.165, 1.54) is 7.11 Å². The predicted molar refractivity (Wildman–Crippen MR) is 78.9 cm³/mol. The number of esters is 1. The lowest BCUT2D eigenvalue weighted by molar-refractivity contribution is -0.146. The Labute approximate surface area is 122 Å². The molecule has 5 nitrogen and oxygen atoms in total. The van der Waals surface area contributed by atoms with E-state index in [1.807, 2.05) is 30.3 Å². The van der Waals surface area contributed by atoms with E-state index in [4.69, 9.17) is 4.74 Å². The average molecular weight is 286 g/mol. The summed E-state index contributed by atoms with van der Waals surface area (Å²) in [5.41, 5.74) is 1.52. The molecule has 1 aromatic carbocycles. The van der Waals surface area contributed by atoms with Gasteiger partial charge in [0.15, 0.2) is 0 Å². The summed E-state index contributed by atoms with van der Waals surface area (Å²) in [6.45, 7) is 1.11. The first-order valence-electron chi connectivity index (χ1n) is 7.14. The summed E-state index contributed by atoms with van der Waals surface area (Å²) >= 11 is 0. The third-order valence-electron chi connectivity index (χ3n) is 4.00. The summed E-state index contributed by atoms with van der Waals surface area (Å²) in [5, 5.41) is 1.02. The topological polar surface area (TPSA) is 62.4 Å². The van der Waals surface area contributed by atoms with Gasteiger partial charge in [-0.15, -0.1) is 0 Å². The van der Waals surface area contributed by atoms with Crippen LogP contribution in [0.2, 0.25) is 0 Å². The highest BCUT2D eigenvalue weighted by Crippen LogP contribution is 2.21. The first-order valence-corrected chi connectivity index (χ1v) is 7.14. The van der Waals surface area contributed by atoms with Crippen LogP contribution in [0.4, 0.5) is 0 Å². The van der Waals surface area contributed by atoms with E-state index in [0.29, 0.717) is 18.8 Å². The number of methoxy groups -OCH3 is 1. The highest BCUT2D eigenvalue weighted by molar-refractivity contribution is 5.98. The van der Waals surface area contributed by atoms with Crippen molar-refractivity contribution in [2.75, 3.05) is 20.2 Å². The SMILES string of the molecule is COC(=O)[C@H]1CCCN(C(=O)c2cc3ccccc3[nH]2)C1. The smallest absolute Gasteiger partial charge is 0.310 e. The van der Waals surface area contributed by atoms with Gasteiger partial charge in [0.1, 0.15) is 5.69 Å². The molecule has 1 aliphatic rings. The first-order chi connectivity index (χ1) is 10.2. The molecular weight excluding hydrogens is 268 g/mol. The second kappa shape index (κ2) is 5.60. The van der Waals surface area contributed by atoms with E-state index < -0.39 is 0 Å². The number of amides is 1. The van der Waals surface area contributed by atoms with Crippen LogP contribution in [0, 0.1) is 5.92 Å². The van der Waals surface area contributed by atoms with Crippen molar-refractivity contribution in [3.05, 3.63) is 36.0 Å². The minimum absolute atomic E-state index is 0.0557. The number of H-pyrrole nitrogens is 1. The maximum Gasteiger partial charge on any atom is 0.310 e. The van der Waals surface area contributed by atoms with Gasteiger partial charge in [0.25, 0.3) is 5.91 Å². The number of ether oxygens (including phenoxy) is 1. The van der Waals surface area contributed by atoms with Crippen molar-refractivity contribution in [1.29, 1.82) is 0 Å². The zero-order valence-corrected chi connectivity index (χ0v) is 12.0. The second-order valence-electron chi connectivity index (χ2n) is 5.38. The number of hydrogen-bond acceptors (Lipinski definition) is 3. The summed E-state index contributed by atoms with van der Waals surface area (Å²) in [5.74, 6) is -0.499. The normalized spacial score (nSPS) is 18.7. The molecule has 1 atom stereocenters. The van der Waals surface area contributed by atoms with Crippen molar-refractivity contribution in [3.63, 3.8) is 0 Å². The Kier molecular flexibility index (Phi) is 3.64. The molecule has 5 heteroatoms. The largest absolute Gasteiger partial charge is 0.469 e. The lowest BCUT2D eigenvalue weighted by atomic mass is 9.98. The van der Waals surface area contributed by atoms with E-state index >= 15 is 0 Å². The van der Waals surface area contributed by atoms with Gasteiger partial charge in [0.2, 0.25) is 0 Å². The Balaban J connectivity index is 1.79. The minimum Gasteiger partial charge on any atom is -0.469 e. The number of carbonyl (C=O) groups is 2. The summed E-state index contributed by atoms with van der Waals surface area (Å²) < 4.78 is 4.79. The highest BCUT2D eigenvalue weighted by Gasteiger charge is 2.29. The van der Waals surface area contributed by atoms with Crippen LogP contribution in [0.25, 0.3) is 10.9 Å². The maximum atomic E-state index is 12.6.